The van der Waals surface area contributed by atoms with Crippen molar-refractivity contribution in [2.45, 2.75) is 6.42 Å². The molecule has 0 amide bonds. The summed E-state index contributed by atoms with van der Waals surface area (Å²) in [6, 6.07) is 42.2. The molecule has 0 aromatic heterocycles. The Morgan fingerprint density at radius 1 is 0.429 bits per heavy atom. The highest BCUT2D eigenvalue weighted by Crippen LogP contribution is 2.35. The van der Waals surface area contributed by atoms with Crippen LogP contribution < -0.4 is 0 Å². The summed E-state index contributed by atoms with van der Waals surface area (Å²) in [7, 11) is 0. The van der Waals surface area contributed by atoms with Crippen LogP contribution in [0, 0.1) is 11.6 Å². The molecule has 2 heteroatoms. The van der Waals surface area contributed by atoms with E-state index in [1.165, 1.54) is 24.3 Å². The van der Waals surface area contributed by atoms with Crippen LogP contribution in [0.1, 0.15) is 22.3 Å². The van der Waals surface area contributed by atoms with E-state index in [0.717, 1.165) is 44.5 Å². The van der Waals surface area contributed by atoms with Crippen LogP contribution in [0.15, 0.2) is 133 Å². The normalized spacial score (nSPS) is 11.7. The van der Waals surface area contributed by atoms with Crippen molar-refractivity contribution in [3.8, 4) is 11.1 Å². The molecule has 0 radical (unpaired) electrons. The number of benzene rings is 5. The third-order valence-corrected chi connectivity index (χ3v) is 6.13. The van der Waals surface area contributed by atoms with Gasteiger partial charge in [0.15, 0.2) is 0 Å². The Bertz CT molecular complexity index is 1420. The predicted octanol–water partition coefficient (Wildman–Crippen LogP) is 8.83. The highest BCUT2D eigenvalue weighted by molar-refractivity contribution is 5.99. The molecular weight excluding hydrogens is 434 g/mol. The van der Waals surface area contributed by atoms with Crippen molar-refractivity contribution in [1.82, 2.24) is 0 Å². The minimum atomic E-state index is -0.270. The van der Waals surface area contributed by atoms with Gasteiger partial charge in [0.25, 0.3) is 0 Å². The van der Waals surface area contributed by atoms with Gasteiger partial charge in [-0.15, -0.1) is 0 Å². The molecule has 0 nitrogen and oxygen atoms in total. The van der Waals surface area contributed by atoms with E-state index in [1.54, 1.807) is 0 Å². The van der Waals surface area contributed by atoms with Crippen molar-refractivity contribution in [3.63, 3.8) is 0 Å². The van der Waals surface area contributed by atoms with Crippen LogP contribution in [0.4, 0.5) is 8.78 Å². The van der Waals surface area contributed by atoms with E-state index in [-0.39, 0.29) is 11.6 Å². The summed E-state index contributed by atoms with van der Waals surface area (Å²) in [6.45, 7) is 0. The van der Waals surface area contributed by atoms with Crippen molar-refractivity contribution in [2.75, 3.05) is 0 Å². The number of rotatable bonds is 6. The molecule has 5 aromatic carbocycles. The Kier molecular flexibility index (Phi) is 6.63. The highest BCUT2D eigenvalue weighted by Gasteiger charge is 2.15. The van der Waals surface area contributed by atoms with Gasteiger partial charge in [-0.2, -0.15) is 0 Å². The van der Waals surface area contributed by atoms with Crippen LogP contribution >= 0.6 is 0 Å². The van der Waals surface area contributed by atoms with Gasteiger partial charge in [-0.25, -0.2) is 8.78 Å². The molecule has 170 valence electrons. The number of allylic oxidation sites excluding steroid dienone is 1. The summed E-state index contributed by atoms with van der Waals surface area (Å²) >= 11 is 0. The van der Waals surface area contributed by atoms with Crippen LogP contribution in [-0.4, -0.2) is 0 Å². The number of hydrogen-bond acceptors (Lipinski definition) is 0. The smallest absolute Gasteiger partial charge is 0.123 e. The van der Waals surface area contributed by atoms with Gasteiger partial charge >= 0.3 is 0 Å². The average Bonchev–Trinajstić information content (AvgIpc) is 2.92. The molecule has 0 heterocycles. The topological polar surface area (TPSA) is 0 Å². The lowest BCUT2D eigenvalue weighted by atomic mass is 9.86. The van der Waals surface area contributed by atoms with Gasteiger partial charge in [-0.3, -0.25) is 0 Å². The minimum absolute atomic E-state index is 0.256. The zero-order valence-corrected chi connectivity index (χ0v) is 19.2. The fourth-order valence-corrected chi connectivity index (χ4v) is 4.37. The van der Waals surface area contributed by atoms with E-state index in [0.29, 0.717) is 6.42 Å². The first kappa shape index (κ1) is 22.5. The zero-order chi connectivity index (χ0) is 24.0. The first-order valence-electron chi connectivity index (χ1n) is 11.6. The molecule has 0 bridgehead atoms. The highest BCUT2D eigenvalue weighted by atomic mass is 19.1. The quantitative estimate of drug-likeness (QED) is 0.223. The molecule has 0 spiro atoms. The van der Waals surface area contributed by atoms with Gasteiger partial charge in [0.05, 0.1) is 0 Å². The molecule has 0 N–H and O–H groups in total. The Labute approximate surface area is 204 Å². The van der Waals surface area contributed by atoms with E-state index in [9.17, 15) is 8.78 Å². The molecule has 0 aliphatic rings. The third-order valence-electron chi connectivity index (χ3n) is 6.13. The number of hydrogen-bond donors (Lipinski definition) is 0. The zero-order valence-electron chi connectivity index (χ0n) is 19.2. The maximum Gasteiger partial charge on any atom is 0.123 e. The van der Waals surface area contributed by atoms with Crippen LogP contribution in [0.3, 0.4) is 0 Å². The molecule has 0 fully saturated rings. The molecule has 5 aromatic rings. The van der Waals surface area contributed by atoms with Gasteiger partial charge < -0.3 is 0 Å². The molecule has 0 saturated carbocycles. The summed E-state index contributed by atoms with van der Waals surface area (Å²) in [5, 5.41) is 0. The Balaban J connectivity index is 1.70. The van der Waals surface area contributed by atoms with Gasteiger partial charge in [0, 0.05) is 0 Å². The van der Waals surface area contributed by atoms with Crippen molar-refractivity contribution in [1.29, 1.82) is 0 Å². The monoisotopic (exact) mass is 458 g/mol. The fourth-order valence-electron chi connectivity index (χ4n) is 4.37. The molecule has 0 saturated heterocycles. The molecule has 0 atom stereocenters. The Morgan fingerprint density at radius 3 is 1.49 bits per heavy atom. The summed E-state index contributed by atoms with van der Waals surface area (Å²) in [4.78, 5) is 0. The summed E-state index contributed by atoms with van der Waals surface area (Å²) in [5.74, 6) is -0.526. The van der Waals surface area contributed by atoms with Gasteiger partial charge in [-0.1, -0.05) is 109 Å². The van der Waals surface area contributed by atoms with Crippen LogP contribution in [0.5, 0.6) is 0 Å². The van der Waals surface area contributed by atoms with E-state index in [1.807, 2.05) is 60.7 Å². The summed E-state index contributed by atoms with van der Waals surface area (Å²) in [5.41, 5.74) is 8.46. The maximum absolute atomic E-state index is 13.8. The van der Waals surface area contributed by atoms with E-state index < -0.39 is 0 Å². The van der Waals surface area contributed by atoms with E-state index >= 15 is 0 Å². The van der Waals surface area contributed by atoms with Crippen LogP contribution in [0.2, 0.25) is 0 Å². The van der Waals surface area contributed by atoms with Crippen LogP contribution in [0.25, 0.3) is 22.3 Å². The molecular formula is C33H24F2. The van der Waals surface area contributed by atoms with Crippen molar-refractivity contribution in [3.05, 3.63) is 167 Å². The Hall–Kier alpha value is -4.30. The predicted molar refractivity (Wildman–Crippen MR) is 141 cm³/mol. The Morgan fingerprint density at radius 2 is 0.886 bits per heavy atom. The summed E-state index contributed by atoms with van der Waals surface area (Å²) in [6.07, 6.45) is 0.604. The maximum atomic E-state index is 13.8. The average molecular weight is 459 g/mol. The molecule has 35 heavy (non-hydrogen) atoms. The molecule has 0 aliphatic carbocycles. The lowest BCUT2D eigenvalue weighted by molar-refractivity contribution is 0.627. The van der Waals surface area contributed by atoms with Crippen molar-refractivity contribution < 1.29 is 8.78 Å². The van der Waals surface area contributed by atoms with E-state index in [4.69, 9.17) is 0 Å². The lowest BCUT2D eigenvalue weighted by Crippen LogP contribution is -1.99. The SMILES string of the molecule is Fc1ccc(C/C(=C(\c2ccccc2)c2ccc(F)cc2)c2ccc(-c3ccccc3)cc2)cc1. The fraction of sp³-hybridized carbons (Fsp3) is 0.0303. The molecule has 5 rings (SSSR count). The van der Waals surface area contributed by atoms with Crippen LogP contribution in [-0.2, 0) is 6.42 Å². The first-order valence-corrected chi connectivity index (χ1v) is 11.6. The van der Waals surface area contributed by atoms with E-state index in [2.05, 4.69) is 48.5 Å². The van der Waals surface area contributed by atoms with Gasteiger partial charge in [0.1, 0.15) is 11.6 Å². The third kappa shape index (κ3) is 5.28. The second-order valence-electron chi connectivity index (χ2n) is 8.47. The second-order valence-corrected chi connectivity index (χ2v) is 8.47. The minimum Gasteiger partial charge on any atom is -0.207 e. The van der Waals surface area contributed by atoms with Gasteiger partial charge in [-0.05, 0) is 75.2 Å². The van der Waals surface area contributed by atoms with Crippen molar-refractivity contribution in [2.24, 2.45) is 0 Å². The number of halogens is 2. The molecule has 0 aliphatic heterocycles. The van der Waals surface area contributed by atoms with Gasteiger partial charge in [0.2, 0.25) is 0 Å². The van der Waals surface area contributed by atoms with Crippen molar-refractivity contribution >= 4 is 11.1 Å². The summed E-state index contributed by atoms with van der Waals surface area (Å²) < 4.78 is 27.4. The molecule has 0 unspecified atom stereocenters. The second kappa shape index (κ2) is 10.3. The standard InChI is InChI=1S/C33H24F2/c34-30-19-11-24(12-20-30)23-32(27-15-13-26(14-16-27)25-7-3-1-4-8-25)33(28-9-5-2-6-10-28)29-17-21-31(35)22-18-29/h1-22H,23H2/b33-32-. The largest absolute Gasteiger partial charge is 0.207 e. The lowest BCUT2D eigenvalue weighted by Gasteiger charge is -2.18. The first-order chi connectivity index (χ1) is 17.2.